The lowest BCUT2D eigenvalue weighted by molar-refractivity contribution is 0.0950. The van der Waals surface area contributed by atoms with Crippen molar-refractivity contribution >= 4 is 27.3 Å². The van der Waals surface area contributed by atoms with Crippen LogP contribution in [0.25, 0.3) is 10.1 Å². The molecule has 2 N–H and O–H groups in total. The van der Waals surface area contributed by atoms with Gasteiger partial charge in [-0.05, 0) is 54.4 Å². The highest BCUT2D eigenvalue weighted by atomic mass is 32.1. The summed E-state index contributed by atoms with van der Waals surface area (Å²) < 4.78 is 1.23. The molecule has 4 heteroatoms. The van der Waals surface area contributed by atoms with Crippen molar-refractivity contribution in [3.63, 3.8) is 0 Å². The fourth-order valence-electron chi connectivity index (χ4n) is 2.36. The Morgan fingerprint density at radius 3 is 3.22 bits per heavy atom. The monoisotopic (exact) mass is 260 g/mol. The van der Waals surface area contributed by atoms with Gasteiger partial charge in [0.1, 0.15) is 0 Å². The van der Waals surface area contributed by atoms with E-state index in [4.69, 9.17) is 0 Å². The number of fused-ring (bicyclic) bond motifs is 1. The molecular weight excluding hydrogens is 244 g/mol. The van der Waals surface area contributed by atoms with Gasteiger partial charge >= 0.3 is 0 Å². The van der Waals surface area contributed by atoms with Gasteiger partial charge in [0.25, 0.3) is 5.91 Å². The van der Waals surface area contributed by atoms with E-state index in [2.05, 4.69) is 22.1 Å². The average Bonchev–Trinajstić information content (AvgIpc) is 3.05. The van der Waals surface area contributed by atoms with Crippen LogP contribution in [0.3, 0.4) is 0 Å². The van der Waals surface area contributed by atoms with Crippen molar-refractivity contribution in [2.75, 3.05) is 13.1 Å². The molecule has 0 aliphatic carbocycles. The molecule has 18 heavy (non-hydrogen) atoms. The Morgan fingerprint density at radius 1 is 1.44 bits per heavy atom. The van der Waals surface area contributed by atoms with Gasteiger partial charge in [0, 0.05) is 22.8 Å². The van der Waals surface area contributed by atoms with Crippen molar-refractivity contribution in [1.29, 1.82) is 0 Å². The molecule has 1 unspecified atom stereocenters. The first-order valence-electron chi connectivity index (χ1n) is 6.32. The molecule has 0 radical (unpaired) electrons. The first kappa shape index (κ1) is 11.7. The topological polar surface area (TPSA) is 41.1 Å². The summed E-state index contributed by atoms with van der Waals surface area (Å²) in [4.78, 5) is 12.0. The molecule has 1 aromatic carbocycles. The van der Waals surface area contributed by atoms with Crippen LogP contribution in [0, 0.1) is 0 Å². The zero-order chi connectivity index (χ0) is 12.4. The standard InChI is InChI=1S/C14H16N2OS/c17-14(16-9-12-2-1-6-15-12)11-3-4-13-10(8-11)5-7-18-13/h3-5,7-8,12,15H,1-2,6,9H2,(H,16,17). The lowest BCUT2D eigenvalue weighted by atomic mass is 10.1. The van der Waals surface area contributed by atoms with Gasteiger partial charge < -0.3 is 10.6 Å². The molecule has 1 aliphatic rings. The van der Waals surface area contributed by atoms with Crippen molar-refractivity contribution in [2.45, 2.75) is 18.9 Å². The van der Waals surface area contributed by atoms with E-state index in [-0.39, 0.29) is 5.91 Å². The molecule has 2 heterocycles. The molecule has 1 amide bonds. The van der Waals surface area contributed by atoms with Crippen molar-refractivity contribution in [3.8, 4) is 0 Å². The Balaban J connectivity index is 1.67. The van der Waals surface area contributed by atoms with E-state index in [1.807, 2.05) is 18.2 Å². The van der Waals surface area contributed by atoms with E-state index in [0.29, 0.717) is 6.04 Å². The molecule has 1 aromatic heterocycles. The third-order valence-corrected chi connectivity index (χ3v) is 4.28. The van der Waals surface area contributed by atoms with Crippen LogP contribution in [-0.2, 0) is 0 Å². The predicted molar refractivity (Wildman–Crippen MR) is 75.2 cm³/mol. The Kier molecular flexibility index (Phi) is 3.30. The minimum Gasteiger partial charge on any atom is -0.350 e. The Bertz CT molecular complexity index is 558. The molecule has 1 aliphatic heterocycles. The van der Waals surface area contributed by atoms with Crippen molar-refractivity contribution in [1.82, 2.24) is 10.6 Å². The number of rotatable bonds is 3. The molecule has 3 rings (SSSR count). The molecule has 3 nitrogen and oxygen atoms in total. The second-order valence-corrected chi connectivity index (χ2v) is 5.62. The smallest absolute Gasteiger partial charge is 0.251 e. The van der Waals surface area contributed by atoms with E-state index in [9.17, 15) is 4.79 Å². The Morgan fingerprint density at radius 2 is 2.39 bits per heavy atom. The van der Waals surface area contributed by atoms with Crippen molar-refractivity contribution in [3.05, 3.63) is 35.2 Å². The maximum absolute atomic E-state index is 12.0. The minimum absolute atomic E-state index is 0.0248. The fraction of sp³-hybridized carbons (Fsp3) is 0.357. The predicted octanol–water partition coefficient (Wildman–Crippen LogP) is 2.38. The molecule has 1 saturated heterocycles. The third-order valence-electron chi connectivity index (χ3n) is 3.39. The highest BCUT2D eigenvalue weighted by Gasteiger charge is 2.15. The molecule has 0 saturated carbocycles. The van der Waals surface area contributed by atoms with Gasteiger partial charge in [0.15, 0.2) is 0 Å². The van der Waals surface area contributed by atoms with Crippen LogP contribution < -0.4 is 10.6 Å². The quantitative estimate of drug-likeness (QED) is 0.889. The summed E-state index contributed by atoms with van der Waals surface area (Å²) in [6, 6.07) is 8.37. The number of carbonyl (C=O) groups is 1. The van der Waals surface area contributed by atoms with Crippen LogP contribution in [0.4, 0.5) is 0 Å². The van der Waals surface area contributed by atoms with Crippen LogP contribution in [0.15, 0.2) is 29.6 Å². The zero-order valence-electron chi connectivity index (χ0n) is 10.1. The molecule has 2 aromatic rings. The van der Waals surface area contributed by atoms with Crippen molar-refractivity contribution in [2.24, 2.45) is 0 Å². The largest absolute Gasteiger partial charge is 0.350 e. The fourth-order valence-corrected chi connectivity index (χ4v) is 3.13. The van der Waals surface area contributed by atoms with Crippen LogP contribution >= 0.6 is 11.3 Å². The molecule has 1 atom stereocenters. The number of benzene rings is 1. The SMILES string of the molecule is O=C(NCC1CCCN1)c1ccc2sccc2c1. The van der Waals surface area contributed by atoms with E-state index in [1.165, 1.54) is 11.1 Å². The Hall–Kier alpha value is -1.39. The van der Waals surface area contributed by atoms with Crippen LogP contribution in [0.2, 0.25) is 0 Å². The molecule has 0 bridgehead atoms. The van der Waals surface area contributed by atoms with Crippen LogP contribution in [-0.4, -0.2) is 25.0 Å². The number of nitrogens with one attached hydrogen (secondary N) is 2. The number of hydrogen-bond donors (Lipinski definition) is 2. The summed E-state index contributed by atoms with van der Waals surface area (Å²) in [7, 11) is 0. The summed E-state index contributed by atoms with van der Waals surface area (Å²) in [5, 5.41) is 9.57. The summed E-state index contributed by atoms with van der Waals surface area (Å²) in [5.74, 6) is 0.0248. The summed E-state index contributed by atoms with van der Waals surface area (Å²) in [5.41, 5.74) is 0.749. The lowest BCUT2D eigenvalue weighted by Gasteiger charge is -2.11. The van der Waals surface area contributed by atoms with Gasteiger partial charge in [0.05, 0.1) is 0 Å². The Labute approximate surface area is 110 Å². The van der Waals surface area contributed by atoms with Crippen LogP contribution in [0.5, 0.6) is 0 Å². The zero-order valence-corrected chi connectivity index (χ0v) is 10.9. The van der Waals surface area contributed by atoms with E-state index < -0.39 is 0 Å². The molecule has 94 valence electrons. The van der Waals surface area contributed by atoms with Gasteiger partial charge in [-0.25, -0.2) is 0 Å². The number of carbonyl (C=O) groups excluding carboxylic acids is 1. The second kappa shape index (κ2) is 5.08. The summed E-state index contributed by atoms with van der Waals surface area (Å²) >= 11 is 1.70. The average molecular weight is 260 g/mol. The van der Waals surface area contributed by atoms with Gasteiger partial charge in [-0.15, -0.1) is 11.3 Å². The van der Waals surface area contributed by atoms with E-state index in [0.717, 1.165) is 30.5 Å². The maximum atomic E-state index is 12.0. The first-order valence-corrected chi connectivity index (χ1v) is 7.20. The molecular formula is C14H16N2OS. The van der Waals surface area contributed by atoms with Crippen molar-refractivity contribution < 1.29 is 4.79 Å². The summed E-state index contributed by atoms with van der Waals surface area (Å²) in [6.07, 6.45) is 2.37. The molecule has 0 spiro atoms. The lowest BCUT2D eigenvalue weighted by Crippen LogP contribution is -2.37. The highest BCUT2D eigenvalue weighted by molar-refractivity contribution is 7.17. The third kappa shape index (κ3) is 2.40. The number of hydrogen-bond acceptors (Lipinski definition) is 3. The van der Waals surface area contributed by atoms with Gasteiger partial charge in [0.2, 0.25) is 0 Å². The van der Waals surface area contributed by atoms with Gasteiger partial charge in [-0.3, -0.25) is 4.79 Å². The molecule has 1 fully saturated rings. The number of thiophene rings is 1. The van der Waals surface area contributed by atoms with E-state index >= 15 is 0 Å². The normalized spacial score (nSPS) is 19.2. The van der Waals surface area contributed by atoms with Gasteiger partial charge in [-0.1, -0.05) is 0 Å². The second-order valence-electron chi connectivity index (χ2n) is 4.68. The summed E-state index contributed by atoms with van der Waals surface area (Å²) in [6.45, 7) is 1.79. The highest BCUT2D eigenvalue weighted by Crippen LogP contribution is 2.21. The van der Waals surface area contributed by atoms with Crippen LogP contribution in [0.1, 0.15) is 23.2 Å². The van der Waals surface area contributed by atoms with Gasteiger partial charge in [-0.2, -0.15) is 0 Å². The maximum Gasteiger partial charge on any atom is 0.251 e. The minimum atomic E-state index is 0.0248. The van der Waals surface area contributed by atoms with E-state index in [1.54, 1.807) is 11.3 Å². The number of amides is 1. The first-order chi connectivity index (χ1) is 8.83.